The molecule has 0 heterocycles. The van der Waals surface area contributed by atoms with Crippen LogP contribution in [-0.4, -0.2) is 74.9 Å². The maximum atomic E-state index is 12.9. The van der Waals surface area contributed by atoms with Gasteiger partial charge in [0.25, 0.3) is 0 Å². The van der Waals surface area contributed by atoms with Gasteiger partial charge in [-0.3, -0.25) is 18.6 Å². The van der Waals surface area contributed by atoms with E-state index >= 15 is 0 Å². The number of phosphoric acid groups is 1. The third-order valence-electron chi connectivity index (χ3n) is 15.5. The van der Waals surface area contributed by atoms with Gasteiger partial charge in [-0.25, -0.2) is 4.57 Å². The van der Waals surface area contributed by atoms with Gasteiger partial charge in [0.1, 0.15) is 19.8 Å². The lowest BCUT2D eigenvalue weighted by atomic mass is 10.0. The first-order valence-corrected chi connectivity index (χ1v) is 36.5. The minimum atomic E-state index is -4.39. The zero-order valence-corrected chi connectivity index (χ0v) is 55.6. The van der Waals surface area contributed by atoms with Crippen LogP contribution in [0.1, 0.15) is 335 Å². The number of hydrogen-bond donors (Lipinski definition) is 1. The Morgan fingerprint density at radius 2 is 0.695 bits per heavy atom. The highest BCUT2D eigenvalue weighted by molar-refractivity contribution is 7.47. The Morgan fingerprint density at radius 1 is 0.390 bits per heavy atom. The van der Waals surface area contributed by atoms with Gasteiger partial charge in [-0.05, 0) is 77.0 Å². The zero-order chi connectivity index (χ0) is 59.8. The molecular formula is C72H135NO8P+. The zero-order valence-electron chi connectivity index (χ0n) is 54.7. The number of esters is 2. The monoisotopic (exact) mass is 1170 g/mol. The molecular weight excluding hydrogens is 1040 g/mol. The van der Waals surface area contributed by atoms with Gasteiger partial charge in [-0.15, -0.1) is 0 Å². The average molecular weight is 1170 g/mol. The van der Waals surface area contributed by atoms with Gasteiger partial charge < -0.3 is 18.9 Å². The van der Waals surface area contributed by atoms with Crippen LogP contribution in [-0.2, 0) is 32.7 Å². The highest BCUT2D eigenvalue weighted by Crippen LogP contribution is 2.43. The van der Waals surface area contributed by atoms with E-state index in [2.05, 4.69) is 74.6 Å². The summed E-state index contributed by atoms with van der Waals surface area (Å²) in [7, 11) is 1.49. The Balaban J connectivity index is 3.99. The summed E-state index contributed by atoms with van der Waals surface area (Å²) < 4.78 is 34.7. The van der Waals surface area contributed by atoms with Crippen molar-refractivity contribution in [3.8, 4) is 0 Å². The number of hydrogen-bond acceptors (Lipinski definition) is 7. The number of carbonyl (C=O) groups is 2. The van der Waals surface area contributed by atoms with E-state index in [1.165, 1.54) is 238 Å². The van der Waals surface area contributed by atoms with Crippen LogP contribution in [0, 0.1) is 0 Å². The van der Waals surface area contributed by atoms with Gasteiger partial charge in [-0.1, -0.05) is 306 Å². The molecule has 82 heavy (non-hydrogen) atoms. The summed E-state index contributed by atoms with van der Waals surface area (Å²) in [5, 5.41) is 0. The molecule has 0 spiro atoms. The molecule has 1 N–H and O–H groups in total. The van der Waals surface area contributed by atoms with Gasteiger partial charge in [0, 0.05) is 12.8 Å². The van der Waals surface area contributed by atoms with E-state index in [0.717, 1.165) is 64.2 Å². The largest absolute Gasteiger partial charge is 0.472 e. The van der Waals surface area contributed by atoms with Crippen LogP contribution in [0.5, 0.6) is 0 Å². The SMILES string of the molecule is CC/C=C\C/C=C\C/C=C\C/C=C\CCCCCCCCCCCCCCC(=O)OC(COC(=O)CCCCCCCCCCCCCCCCCCCCCCC/C=C\CCCCCCCCCC)COP(=O)(O)OCC[N+](C)(C)C. The van der Waals surface area contributed by atoms with Crippen LogP contribution in [0.3, 0.4) is 0 Å². The minimum Gasteiger partial charge on any atom is -0.462 e. The molecule has 0 saturated carbocycles. The molecule has 0 radical (unpaired) electrons. The summed E-state index contributed by atoms with van der Waals surface area (Å²) in [5.41, 5.74) is 0. The average Bonchev–Trinajstić information content (AvgIpc) is 3.46. The number of ether oxygens (including phenoxy) is 2. The Bertz CT molecular complexity index is 1570. The second kappa shape index (κ2) is 63.2. The summed E-state index contributed by atoms with van der Waals surface area (Å²) in [6.45, 7) is 4.37. The second-order valence-corrected chi connectivity index (χ2v) is 26.3. The van der Waals surface area contributed by atoms with Crippen LogP contribution in [0.2, 0.25) is 0 Å². The molecule has 2 atom stereocenters. The third-order valence-corrected chi connectivity index (χ3v) is 16.5. The number of nitrogens with zero attached hydrogens (tertiary/aromatic N) is 1. The second-order valence-electron chi connectivity index (χ2n) is 24.9. The molecule has 0 aromatic rings. The number of phosphoric ester groups is 1. The van der Waals surface area contributed by atoms with E-state index in [4.69, 9.17) is 18.5 Å². The van der Waals surface area contributed by atoms with E-state index in [0.29, 0.717) is 23.9 Å². The summed E-state index contributed by atoms with van der Waals surface area (Å²) >= 11 is 0. The first-order valence-electron chi connectivity index (χ1n) is 35.0. The molecule has 0 rings (SSSR count). The highest BCUT2D eigenvalue weighted by Gasteiger charge is 2.27. The van der Waals surface area contributed by atoms with Gasteiger partial charge >= 0.3 is 19.8 Å². The molecule has 0 aliphatic rings. The number of unbranched alkanes of at least 4 members (excludes halogenated alkanes) is 41. The van der Waals surface area contributed by atoms with Gasteiger partial charge in [0.15, 0.2) is 6.10 Å². The normalized spacial score (nSPS) is 13.5. The van der Waals surface area contributed by atoms with Crippen molar-refractivity contribution in [1.29, 1.82) is 0 Å². The summed E-state index contributed by atoms with van der Waals surface area (Å²) in [6, 6.07) is 0. The van der Waals surface area contributed by atoms with Gasteiger partial charge in [0.2, 0.25) is 0 Å². The number of allylic oxidation sites excluding steroid dienone is 10. The van der Waals surface area contributed by atoms with Crippen molar-refractivity contribution in [2.45, 2.75) is 341 Å². The molecule has 0 amide bonds. The molecule has 10 heteroatoms. The first kappa shape index (κ1) is 79.7. The van der Waals surface area contributed by atoms with Crippen LogP contribution in [0.15, 0.2) is 60.8 Å². The maximum absolute atomic E-state index is 12.9. The van der Waals surface area contributed by atoms with E-state index in [1.807, 2.05) is 21.1 Å². The minimum absolute atomic E-state index is 0.0315. The lowest BCUT2D eigenvalue weighted by Gasteiger charge is -2.24. The molecule has 2 unspecified atom stereocenters. The molecule has 0 bridgehead atoms. The Kier molecular flexibility index (Phi) is 61.5. The van der Waals surface area contributed by atoms with Gasteiger partial charge in [0.05, 0.1) is 27.7 Å². The summed E-state index contributed by atoms with van der Waals surface area (Å²) in [4.78, 5) is 35.9. The Hall–Kier alpha value is -2.29. The maximum Gasteiger partial charge on any atom is 0.472 e. The molecule has 480 valence electrons. The molecule has 0 aromatic carbocycles. The van der Waals surface area contributed by atoms with Crippen molar-refractivity contribution >= 4 is 19.8 Å². The van der Waals surface area contributed by atoms with Crippen LogP contribution >= 0.6 is 7.82 Å². The number of rotatable bonds is 65. The van der Waals surface area contributed by atoms with Crippen LogP contribution in [0.25, 0.3) is 0 Å². The molecule has 0 saturated heterocycles. The Morgan fingerprint density at radius 3 is 1.05 bits per heavy atom. The van der Waals surface area contributed by atoms with Crippen molar-refractivity contribution in [2.24, 2.45) is 0 Å². The summed E-state index contributed by atoms with van der Waals surface area (Å²) in [6.07, 6.45) is 83.3. The number of carbonyl (C=O) groups excluding carboxylic acids is 2. The third kappa shape index (κ3) is 66.8. The number of likely N-dealkylation sites (N-methyl/N-ethyl adjacent to an activating group) is 1. The van der Waals surface area contributed by atoms with Crippen molar-refractivity contribution in [2.75, 3.05) is 47.5 Å². The molecule has 0 aromatic heterocycles. The standard InChI is InChI=1S/C72H134NO8P/c1-6-8-10-12-14-16-18-20-22-24-26-28-30-32-33-34-35-36-37-38-39-41-42-44-46-48-50-52-54-56-58-60-62-64-71(74)78-68-70(69-80-82(76,77)79-67-66-73(3,4)5)81-72(75)65-63-61-59-57-55-53-51-49-47-45-43-40-31-29-27-25-23-21-19-17-15-13-11-9-7-2/h9,11,15,17,21,23-24,26-27,29,70H,6-8,10,12-14,16,18-20,22,25,28,30-69H2,1-5H3/p+1/b11-9-,17-15-,23-21-,26-24-,29-27-. The van der Waals surface area contributed by atoms with E-state index < -0.39 is 26.5 Å². The fraction of sp³-hybridized carbons (Fsp3) is 0.833. The predicted molar refractivity (Wildman–Crippen MR) is 353 cm³/mol. The first-order chi connectivity index (χ1) is 40.0. The molecule has 9 nitrogen and oxygen atoms in total. The lowest BCUT2D eigenvalue weighted by Crippen LogP contribution is -2.37. The van der Waals surface area contributed by atoms with Crippen molar-refractivity contribution in [3.05, 3.63) is 60.8 Å². The van der Waals surface area contributed by atoms with Crippen molar-refractivity contribution in [1.82, 2.24) is 0 Å². The van der Waals surface area contributed by atoms with Crippen LogP contribution < -0.4 is 0 Å². The lowest BCUT2D eigenvalue weighted by molar-refractivity contribution is -0.870. The molecule has 0 aliphatic heterocycles. The fourth-order valence-corrected chi connectivity index (χ4v) is 10.9. The fourth-order valence-electron chi connectivity index (χ4n) is 10.2. The topological polar surface area (TPSA) is 108 Å². The van der Waals surface area contributed by atoms with E-state index in [1.54, 1.807) is 0 Å². The van der Waals surface area contributed by atoms with E-state index in [-0.39, 0.29) is 25.6 Å². The number of quaternary nitrogens is 1. The van der Waals surface area contributed by atoms with Crippen molar-refractivity contribution < 1.29 is 42.1 Å². The summed E-state index contributed by atoms with van der Waals surface area (Å²) in [5.74, 6) is -0.785. The van der Waals surface area contributed by atoms with Crippen LogP contribution in [0.4, 0.5) is 0 Å². The predicted octanol–water partition coefficient (Wildman–Crippen LogP) is 22.6. The Labute approximate surface area is 508 Å². The molecule has 0 fully saturated rings. The van der Waals surface area contributed by atoms with Crippen molar-refractivity contribution in [3.63, 3.8) is 0 Å². The quantitative estimate of drug-likeness (QED) is 0.0211. The molecule has 0 aliphatic carbocycles. The van der Waals surface area contributed by atoms with E-state index in [9.17, 15) is 19.0 Å². The smallest absolute Gasteiger partial charge is 0.462 e. The van der Waals surface area contributed by atoms with Gasteiger partial charge in [-0.2, -0.15) is 0 Å². The highest BCUT2D eigenvalue weighted by atomic mass is 31.2.